The standard InChI is InChI=1S/C15H16N4/c1-2-18-14-7-15(11-17-10-14)19-9-13-5-3-12(8-16)4-6-13/h3-7,10-11,18-19H,2,9H2,1H3. The van der Waals surface area contributed by atoms with Gasteiger partial charge in [-0.25, -0.2) is 0 Å². The Hall–Kier alpha value is -2.54. The number of anilines is 2. The molecule has 0 atom stereocenters. The van der Waals surface area contributed by atoms with Crippen LogP contribution in [0.2, 0.25) is 0 Å². The fourth-order valence-corrected chi connectivity index (χ4v) is 1.74. The molecule has 0 saturated heterocycles. The SMILES string of the molecule is CCNc1cncc(NCc2ccc(C#N)cc2)c1. The van der Waals surface area contributed by atoms with Crippen LogP contribution < -0.4 is 10.6 Å². The first kappa shape index (κ1) is 12.9. The minimum absolute atomic E-state index is 0.680. The van der Waals surface area contributed by atoms with Gasteiger partial charge < -0.3 is 10.6 Å². The number of benzene rings is 1. The summed E-state index contributed by atoms with van der Waals surface area (Å²) in [6.07, 6.45) is 3.60. The van der Waals surface area contributed by atoms with Gasteiger partial charge in [0.1, 0.15) is 0 Å². The zero-order valence-electron chi connectivity index (χ0n) is 10.9. The summed E-state index contributed by atoms with van der Waals surface area (Å²) < 4.78 is 0. The summed E-state index contributed by atoms with van der Waals surface area (Å²) in [5.74, 6) is 0. The first-order valence-electron chi connectivity index (χ1n) is 6.23. The monoisotopic (exact) mass is 252 g/mol. The van der Waals surface area contributed by atoms with Crippen molar-refractivity contribution < 1.29 is 0 Å². The average Bonchev–Trinajstić information content (AvgIpc) is 2.46. The topological polar surface area (TPSA) is 60.7 Å². The first-order chi connectivity index (χ1) is 9.31. The Morgan fingerprint density at radius 1 is 1.11 bits per heavy atom. The molecule has 0 bridgehead atoms. The van der Waals surface area contributed by atoms with Crippen molar-refractivity contribution in [2.45, 2.75) is 13.5 Å². The molecule has 2 N–H and O–H groups in total. The zero-order valence-corrected chi connectivity index (χ0v) is 10.9. The highest BCUT2D eigenvalue weighted by Crippen LogP contribution is 2.14. The van der Waals surface area contributed by atoms with Crippen LogP contribution in [0, 0.1) is 11.3 Å². The highest BCUT2D eigenvalue weighted by Gasteiger charge is 1.97. The Morgan fingerprint density at radius 3 is 2.42 bits per heavy atom. The number of hydrogen-bond donors (Lipinski definition) is 2. The van der Waals surface area contributed by atoms with Crippen molar-refractivity contribution in [1.29, 1.82) is 5.26 Å². The Bertz CT molecular complexity index is 569. The van der Waals surface area contributed by atoms with Gasteiger partial charge in [-0.15, -0.1) is 0 Å². The van der Waals surface area contributed by atoms with Crippen molar-refractivity contribution in [3.05, 3.63) is 53.9 Å². The summed E-state index contributed by atoms with van der Waals surface area (Å²) in [5.41, 5.74) is 3.79. The third-order valence-corrected chi connectivity index (χ3v) is 2.70. The van der Waals surface area contributed by atoms with Crippen molar-refractivity contribution >= 4 is 11.4 Å². The number of hydrogen-bond acceptors (Lipinski definition) is 4. The maximum absolute atomic E-state index is 8.74. The predicted molar refractivity (Wildman–Crippen MR) is 76.9 cm³/mol. The molecule has 0 radical (unpaired) electrons. The molecular formula is C15H16N4. The summed E-state index contributed by atoms with van der Waals surface area (Å²) in [4.78, 5) is 4.17. The second kappa shape index (κ2) is 6.41. The number of nitriles is 1. The minimum Gasteiger partial charge on any atom is -0.384 e. The maximum Gasteiger partial charge on any atom is 0.0991 e. The predicted octanol–water partition coefficient (Wildman–Crippen LogP) is 3.00. The fraction of sp³-hybridized carbons (Fsp3) is 0.200. The van der Waals surface area contributed by atoms with Crippen LogP contribution in [0.25, 0.3) is 0 Å². The molecule has 2 aromatic rings. The van der Waals surface area contributed by atoms with E-state index < -0.39 is 0 Å². The van der Waals surface area contributed by atoms with E-state index in [0.717, 1.165) is 23.5 Å². The van der Waals surface area contributed by atoms with Crippen molar-refractivity contribution in [1.82, 2.24) is 4.98 Å². The Morgan fingerprint density at radius 2 is 1.79 bits per heavy atom. The summed E-state index contributed by atoms with van der Waals surface area (Å²) in [7, 11) is 0. The molecule has 0 aliphatic heterocycles. The molecule has 1 aromatic heterocycles. The van der Waals surface area contributed by atoms with E-state index in [1.165, 1.54) is 0 Å². The van der Waals surface area contributed by atoms with Gasteiger partial charge in [0.25, 0.3) is 0 Å². The van der Waals surface area contributed by atoms with Gasteiger partial charge in [0.05, 0.1) is 35.4 Å². The van der Waals surface area contributed by atoms with Crippen LogP contribution in [0.1, 0.15) is 18.1 Å². The lowest BCUT2D eigenvalue weighted by Gasteiger charge is -2.08. The van der Waals surface area contributed by atoms with E-state index in [-0.39, 0.29) is 0 Å². The highest BCUT2D eigenvalue weighted by molar-refractivity contribution is 5.54. The van der Waals surface area contributed by atoms with Crippen LogP contribution in [0.4, 0.5) is 11.4 Å². The van der Waals surface area contributed by atoms with Gasteiger partial charge in [0.15, 0.2) is 0 Å². The Labute approximate surface area is 113 Å². The molecule has 0 aliphatic rings. The summed E-state index contributed by atoms with van der Waals surface area (Å²) in [6, 6.07) is 11.7. The zero-order chi connectivity index (χ0) is 13.5. The minimum atomic E-state index is 0.680. The molecule has 0 spiro atoms. The average molecular weight is 252 g/mol. The third-order valence-electron chi connectivity index (χ3n) is 2.70. The fourth-order valence-electron chi connectivity index (χ4n) is 1.74. The lowest BCUT2D eigenvalue weighted by atomic mass is 10.1. The van der Waals surface area contributed by atoms with Crippen molar-refractivity contribution in [2.75, 3.05) is 17.2 Å². The number of rotatable bonds is 5. The van der Waals surface area contributed by atoms with Gasteiger partial charge in [0.2, 0.25) is 0 Å². The number of nitrogens with zero attached hydrogens (tertiary/aromatic N) is 2. The molecule has 0 unspecified atom stereocenters. The van der Waals surface area contributed by atoms with Crippen LogP contribution in [0.15, 0.2) is 42.7 Å². The Kier molecular flexibility index (Phi) is 4.35. The van der Waals surface area contributed by atoms with E-state index >= 15 is 0 Å². The van der Waals surface area contributed by atoms with Crippen molar-refractivity contribution in [3.8, 4) is 6.07 Å². The van der Waals surface area contributed by atoms with Crippen LogP contribution in [-0.2, 0) is 6.54 Å². The number of nitrogens with one attached hydrogen (secondary N) is 2. The number of aromatic nitrogens is 1. The van der Waals surface area contributed by atoms with Gasteiger partial charge in [-0.05, 0) is 30.7 Å². The molecule has 4 heteroatoms. The summed E-state index contributed by atoms with van der Waals surface area (Å²) in [5, 5.41) is 15.3. The molecule has 19 heavy (non-hydrogen) atoms. The van der Waals surface area contributed by atoms with E-state index in [2.05, 4.69) is 28.6 Å². The van der Waals surface area contributed by atoms with E-state index in [1.54, 1.807) is 12.4 Å². The van der Waals surface area contributed by atoms with Crippen LogP contribution >= 0.6 is 0 Å². The normalized spacial score (nSPS) is 9.68. The van der Waals surface area contributed by atoms with Gasteiger partial charge in [-0.1, -0.05) is 12.1 Å². The molecule has 0 aliphatic carbocycles. The molecular weight excluding hydrogens is 236 g/mol. The molecule has 2 rings (SSSR count). The van der Waals surface area contributed by atoms with Crippen LogP contribution in [0.5, 0.6) is 0 Å². The van der Waals surface area contributed by atoms with E-state index in [4.69, 9.17) is 5.26 Å². The van der Waals surface area contributed by atoms with Crippen molar-refractivity contribution in [2.24, 2.45) is 0 Å². The van der Waals surface area contributed by atoms with Crippen LogP contribution in [0.3, 0.4) is 0 Å². The maximum atomic E-state index is 8.74. The molecule has 0 saturated carbocycles. The lowest BCUT2D eigenvalue weighted by Crippen LogP contribution is -2.02. The second-order valence-corrected chi connectivity index (χ2v) is 4.15. The molecule has 1 aromatic carbocycles. The summed E-state index contributed by atoms with van der Waals surface area (Å²) >= 11 is 0. The molecule has 0 amide bonds. The largest absolute Gasteiger partial charge is 0.384 e. The van der Waals surface area contributed by atoms with Gasteiger partial charge in [-0.2, -0.15) is 5.26 Å². The van der Waals surface area contributed by atoms with Gasteiger partial charge in [-0.3, -0.25) is 4.98 Å². The lowest BCUT2D eigenvalue weighted by molar-refractivity contribution is 1.13. The van der Waals surface area contributed by atoms with Gasteiger partial charge >= 0.3 is 0 Å². The molecule has 96 valence electrons. The quantitative estimate of drug-likeness (QED) is 0.858. The second-order valence-electron chi connectivity index (χ2n) is 4.15. The van der Waals surface area contributed by atoms with E-state index in [1.807, 2.05) is 30.3 Å². The Balaban J connectivity index is 1.97. The molecule has 0 fully saturated rings. The molecule has 4 nitrogen and oxygen atoms in total. The van der Waals surface area contributed by atoms with Crippen molar-refractivity contribution in [3.63, 3.8) is 0 Å². The third kappa shape index (κ3) is 3.71. The first-order valence-corrected chi connectivity index (χ1v) is 6.23. The van der Waals surface area contributed by atoms with Gasteiger partial charge in [0, 0.05) is 13.1 Å². The highest BCUT2D eigenvalue weighted by atomic mass is 14.9. The smallest absolute Gasteiger partial charge is 0.0991 e. The molecule has 1 heterocycles. The summed E-state index contributed by atoms with van der Waals surface area (Å²) in [6.45, 7) is 3.64. The number of pyridine rings is 1. The van der Waals surface area contributed by atoms with E-state index in [9.17, 15) is 0 Å². The van der Waals surface area contributed by atoms with Crippen LogP contribution in [-0.4, -0.2) is 11.5 Å². The van der Waals surface area contributed by atoms with E-state index in [0.29, 0.717) is 12.1 Å².